The molecule has 1 aromatic heterocycles. The average molecular weight is 281 g/mol. The molecule has 0 fully saturated rings. The zero-order chi connectivity index (χ0) is 14.7. The fraction of sp³-hybridized carbons (Fsp3) is 0.294. The summed E-state index contributed by atoms with van der Waals surface area (Å²) in [5.41, 5.74) is 4.15. The Morgan fingerprint density at radius 1 is 1.29 bits per heavy atom. The Labute approximate surface area is 124 Å². The summed E-state index contributed by atoms with van der Waals surface area (Å²) >= 11 is 0. The van der Waals surface area contributed by atoms with Crippen LogP contribution in [0.2, 0.25) is 0 Å². The first kappa shape index (κ1) is 13.6. The fourth-order valence-electron chi connectivity index (χ4n) is 2.88. The molecule has 4 nitrogen and oxygen atoms in total. The molecule has 1 atom stereocenters. The summed E-state index contributed by atoms with van der Waals surface area (Å²) in [6, 6.07) is 12.6. The van der Waals surface area contributed by atoms with Gasteiger partial charge in [0.1, 0.15) is 5.69 Å². The molecule has 0 aliphatic heterocycles. The molecular weight excluding hydrogens is 262 g/mol. The lowest BCUT2D eigenvalue weighted by atomic mass is 9.87. The van der Waals surface area contributed by atoms with E-state index in [4.69, 9.17) is 0 Å². The molecule has 1 amide bonds. The number of benzene rings is 1. The van der Waals surface area contributed by atoms with Crippen LogP contribution in [0, 0.1) is 0 Å². The normalized spacial score (nSPS) is 16.9. The molecular formula is C17H19N3O. The third-order valence-electron chi connectivity index (χ3n) is 3.93. The van der Waals surface area contributed by atoms with Crippen molar-refractivity contribution < 1.29 is 4.79 Å². The summed E-state index contributed by atoms with van der Waals surface area (Å²) in [6.45, 7) is 0. The van der Waals surface area contributed by atoms with Crippen LogP contribution in [0.4, 0.5) is 5.69 Å². The number of hydrogen-bond acceptors (Lipinski definition) is 3. The van der Waals surface area contributed by atoms with Crippen LogP contribution in [0.3, 0.4) is 0 Å². The number of pyridine rings is 1. The standard InChI is InChI=1S/C17H19N3O/c1-18-17(21)16-11-13(9-10-19-16)20-15-8-4-6-12-5-2-3-7-14(12)15/h2-3,5,7,9-11,15H,4,6,8H2,1H3,(H,18,21)(H,19,20). The molecule has 1 aliphatic rings. The number of nitrogens with zero attached hydrogens (tertiary/aromatic N) is 1. The van der Waals surface area contributed by atoms with Gasteiger partial charge in [-0.25, -0.2) is 0 Å². The fourth-order valence-corrected chi connectivity index (χ4v) is 2.88. The molecule has 21 heavy (non-hydrogen) atoms. The van der Waals surface area contributed by atoms with Crippen LogP contribution in [0.25, 0.3) is 0 Å². The Hall–Kier alpha value is -2.36. The third kappa shape index (κ3) is 2.89. The maximum absolute atomic E-state index is 11.7. The van der Waals surface area contributed by atoms with Gasteiger partial charge in [-0.3, -0.25) is 9.78 Å². The van der Waals surface area contributed by atoms with Gasteiger partial charge in [0.2, 0.25) is 0 Å². The minimum atomic E-state index is -0.164. The average Bonchev–Trinajstić information content (AvgIpc) is 2.55. The lowest BCUT2D eigenvalue weighted by Crippen LogP contribution is -2.20. The van der Waals surface area contributed by atoms with Crippen molar-refractivity contribution in [1.82, 2.24) is 10.3 Å². The maximum atomic E-state index is 11.7. The van der Waals surface area contributed by atoms with E-state index in [1.54, 1.807) is 19.3 Å². The first-order valence-electron chi connectivity index (χ1n) is 7.30. The quantitative estimate of drug-likeness (QED) is 0.909. The molecule has 4 heteroatoms. The highest BCUT2D eigenvalue weighted by atomic mass is 16.1. The number of amides is 1. The Bertz CT molecular complexity index is 654. The molecule has 1 aliphatic carbocycles. The Balaban J connectivity index is 1.83. The molecule has 1 heterocycles. The van der Waals surface area contributed by atoms with Gasteiger partial charge < -0.3 is 10.6 Å². The van der Waals surface area contributed by atoms with Crippen molar-refractivity contribution in [2.75, 3.05) is 12.4 Å². The summed E-state index contributed by atoms with van der Waals surface area (Å²) in [4.78, 5) is 15.8. The Morgan fingerprint density at radius 2 is 2.14 bits per heavy atom. The predicted octanol–water partition coefficient (Wildman–Crippen LogP) is 2.93. The van der Waals surface area contributed by atoms with E-state index in [-0.39, 0.29) is 5.91 Å². The number of anilines is 1. The van der Waals surface area contributed by atoms with Gasteiger partial charge in [-0.2, -0.15) is 0 Å². The number of carbonyl (C=O) groups is 1. The molecule has 0 saturated heterocycles. The molecule has 1 unspecified atom stereocenters. The van der Waals surface area contributed by atoms with Crippen molar-refractivity contribution in [2.45, 2.75) is 25.3 Å². The van der Waals surface area contributed by atoms with Crippen molar-refractivity contribution in [2.24, 2.45) is 0 Å². The zero-order valence-corrected chi connectivity index (χ0v) is 12.1. The molecule has 1 aromatic carbocycles. The second-order valence-electron chi connectivity index (χ2n) is 5.30. The number of rotatable bonds is 3. The van der Waals surface area contributed by atoms with Crippen LogP contribution in [0.1, 0.15) is 40.5 Å². The summed E-state index contributed by atoms with van der Waals surface area (Å²) in [7, 11) is 1.61. The van der Waals surface area contributed by atoms with Gasteiger partial charge in [0, 0.05) is 18.9 Å². The van der Waals surface area contributed by atoms with Gasteiger partial charge in [-0.1, -0.05) is 24.3 Å². The lowest BCUT2D eigenvalue weighted by molar-refractivity contribution is 0.0958. The van der Waals surface area contributed by atoms with Crippen molar-refractivity contribution >= 4 is 11.6 Å². The highest BCUT2D eigenvalue weighted by Crippen LogP contribution is 2.32. The monoisotopic (exact) mass is 281 g/mol. The first-order valence-corrected chi connectivity index (χ1v) is 7.30. The summed E-state index contributed by atoms with van der Waals surface area (Å²) in [6.07, 6.45) is 5.10. The van der Waals surface area contributed by atoms with Crippen molar-refractivity contribution in [3.63, 3.8) is 0 Å². The van der Waals surface area contributed by atoms with Crippen molar-refractivity contribution in [3.05, 3.63) is 59.4 Å². The smallest absolute Gasteiger partial charge is 0.269 e. The molecule has 108 valence electrons. The second kappa shape index (κ2) is 5.95. The number of fused-ring (bicyclic) bond motifs is 1. The van der Waals surface area contributed by atoms with E-state index in [0.29, 0.717) is 11.7 Å². The third-order valence-corrected chi connectivity index (χ3v) is 3.93. The van der Waals surface area contributed by atoms with E-state index < -0.39 is 0 Å². The molecule has 2 N–H and O–H groups in total. The van der Waals surface area contributed by atoms with E-state index in [0.717, 1.165) is 18.5 Å². The van der Waals surface area contributed by atoms with Crippen molar-refractivity contribution in [1.29, 1.82) is 0 Å². The van der Waals surface area contributed by atoms with Crippen LogP contribution in [0.15, 0.2) is 42.6 Å². The minimum absolute atomic E-state index is 0.164. The Kier molecular flexibility index (Phi) is 3.86. The number of nitrogens with one attached hydrogen (secondary N) is 2. The summed E-state index contributed by atoms with van der Waals surface area (Å²) in [5.74, 6) is -0.164. The van der Waals surface area contributed by atoms with E-state index in [1.165, 1.54) is 17.5 Å². The number of aromatic nitrogens is 1. The van der Waals surface area contributed by atoms with Gasteiger partial charge in [0.05, 0.1) is 6.04 Å². The molecule has 0 saturated carbocycles. The van der Waals surface area contributed by atoms with Gasteiger partial charge in [0.15, 0.2) is 0 Å². The second-order valence-corrected chi connectivity index (χ2v) is 5.30. The SMILES string of the molecule is CNC(=O)c1cc(NC2CCCc3ccccc32)ccn1. The lowest BCUT2D eigenvalue weighted by Gasteiger charge is -2.27. The van der Waals surface area contributed by atoms with Gasteiger partial charge in [-0.15, -0.1) is 0 Å². The van der Waals surface area contributed by atoms with Gasteiger partial charge in [0.25, 0.3) is 5.91 Å². The zero-order valence-electron chi connectivity index (χ0n) is 12.1. The minimum Gasteiger partial charge on any atom is -0.378 e. The number of carbonyl (C=O) groups excluding carboxylic acids is 1. The molecule has 2 aromatic rings. The molecule has 0 bridgehead atoms. The van der Waals surface area contributed by atoms with Gasteiger partial charge >= 0.3 is 0 Å². The molecule has 0 spiro atoms. The van der Waals surface area contributed by atoms with Crippen LogP contribution in [-0.4, -0.2) is 17.9 Å². The van der Waals surface area contributed by atoms with Crippen molar-refractivity contribution in [3.8, 4) is 0 Å². The highest BCUT2D eigenvalue weighted by molar-refractivity contribution is 5.92. The molecule has 3 rings (SSSR count). The van der Waals surface area contributed by atoms with Crippen LogP contribution >= 0.6 is 0 Å². The van der Waals surface area contributed by atoms with E-state index >= 15 is 0 Å². The largest absolute Gasteiger partial charge is 0.378 e. The van der Waals surface area contributed by atoms with Crippen LogP contribution in [0.5, 0.6) is 0 Å². The number of aryl methyl sites for hydroxylation is 1. The summed E-state index contributed by atoms with van der Waals surface area (Å²) in [5, 5.41) is 6.13. The van der Waals surface area contributed by atoms with E-state index in [2.05, 4.69) is 39.9 Å². The maximum Gasteiger partial charge on any atom is 0.269 e. The summed E-state index contributed by atoms with van der Waals surface area (Å²) < 4.78 is 0. The number of hydrogen-bond donors (Lipinski definition) is 2. The highest BCUT2D eigenvalue weighted by Gasteiger charge is 2.19. The van der Waals surface area contributed by atoms with Gasteiger partial charge in [-0.05, 0) is 42.5 Å². The van der Waals surface area contributed by atoms with E-state index in [1.807, 2.05) is 6.07 Å². The topological polar surface area (TPSA) is 54.0 Å². The van der Waals surface area contributed by atoms with E-state index in [9.17, 15) is 4.79 Å². The predicted molar refractivity (Wildman–Crippen MR) is 83.4 cm³/mol. The van der Waals surface area contributed by atoms with Crippen LogP contribution < -0.4 is 10.6 Å². The van der Waals surface area contributed by atoms with Crippen LogP contribution in [-0.2, 0) is 6.42 Å². The molecule has 0 radical (unpaired) electrons. The Morgan fingerprint density at radius 3 is 3.00 bits per heavy atom. The first-order chi connectivity index (χ1) is 10.3.